The molecule has 0 aliphatic heterocycles. The molecular weight excluding hydrogens is 132 g/mol. The van der Waals surface area contributed by atoms with Gasteiger partial charge in [0.1, 0.15) is 0 Å². The van der Waals surface area contributed by atoms with Crippen LogP contribution in [0, 0.1) is 29.6 Å². The van der Waals surface area contributed by atoms with Gasteiger partial charge in [-0.1, -0.05) is 33.6 Å². The molecular formula is C11H20. The topological polar surface area (TPSA) is 0 Å². The summed E-state index contributed by atoms with van der Waals surface area (Å²) in [6.07, 6.45) is 4.42. The first kappa shape index (κ1) is 7.64. The largest absolute Gasteiger partial charge is 0.0651 e. The molecule has 0 nitrogen and oxygen atoms in total. The van der Waals surface area contributed by atoms with E-state index in [2.05, 4.69) is 20.8 Å². The first-order chi connectivity index (χ1) is 5.29. The van der Waals surface area contributed by atoms with E-state index in [1.165, 1.54) is 12.8 Å². The minimum atomic E-state index is 1.07. The highest BCUT2D eigenvalue weighted by Gasteiger charge is 2.56. The van der Waals surface area contributed by atoms with Crippen molar-refractivity contribution in [2.45, 2.75) is 40.0 Å². The SMILES string of the molecule is CCC1CC1C1C(C)C1CC. The molecule has 2 fully saturated rings. The smallest absolute Gasteiger partial charge is 0.0324 e. The fourth-order valence-corrected chi connectivity index (χ4v) is 3.14. The van der Waals surface area contributed by atoms with Crippen molar-refractivity contribution in [1.29, 1.82) is 0 Å². The van der Waals surface area contributed by atoms with Gasteiger partial charge in [-0.2, -0.15) is 0 Å². The summed E-state index contributed by atoms with van der Waals surface area (Å²) in [5.41, 5.74) is 0. The molecule has 5 atom stereocenters. The van der Waals surface area contributed by atoms with E-state index >= 15 is 0 Å². The fourth-order valence-electron chi connectivity index (χ4n) is 3.14. The second kappa shape index (κ2) is 2.50. The van der Waals surface area contributed by atoms with E-state index in [4.69, 9.17) is 0 Å². The van der Waals surface area contributed by atoms with E-state index in [0.29, 0.717) is 0 Å². The van der Waals surface area contributed by atoms with E-state index in [0.717, 1.165) is 29.6 Å². The van der Waals surface area contributed by atoms with E-state index in [-0.39, 0.29) is 0 Å². The van der Waals surface area contributed by atoms with Crippen molar-refractivity contribution in [1.82, 2.24) is 0 Å². The Morgan fingerprint density at radius 2 is 1.91 bits per heavy atom. The van der Waals surface area contributed by atoms with E-state index in [9.17, 15) is 0 Å². The Morgan fingerprint density at radius 1 is 1.18 bits per heavy atom. The zero-order valence-electron chi connectivity index (χ0n) is 8.01. The van der Waals surface area contributed by atoms with Gasteiger partial charge in [-0.15, -0.1) is 0 Å². The van der Waals surface area contributed by atoms with E-state index in [1.807, 2.05) is 0 Å². The zero-order valence-corrected chi connectivity index (χ0v) is 8.01. The summed E-state index contributed by atoms with van der Waals surface area (Å²) < 4.78 is 0. The van der Waals surface area contributed by atoms with Crippen molar-refractivity contribution in [2.75, 3.05) is 0 Å². The van der Waals surface area contributed by atoms with Crippen LogP contribution in [0.4, 0.5) is 0 Å². The lowest BCUT2D eigenvalue weighted by atomic mass is 10.1. The van der Waals surface area contributed by atoms with Crippen LogP contribution in [0.15, 0.2) is 0 Å². The maximum absolute atomic E-state index is 2.45. The van der Waals surface area contributed by atoms with Crippen LogP contribution >= 0.6 is 0 Å². The highest BCUT2D eigenvalue weighted by Crippen LogP contribution is 2.63. The molecule has 2 aliphatic carbocycles. The van der Waals surface area contributed by atoms with Crippen molar-refractivity contribution >= 4 is 0 Å². The zero-order chi connectivity index (χ0) is 8.01. The maximum atomic E-state index is 2.45. The van der Waals surface area contributed by atoms with Crippen LogP contribution in [0.25, 0.3) is 0 Å². The minimum Gasteiger partial charge on any atom is -0.0651 e. The van der Waals surface area contributed by atoms with Crippen molar-refractivity contribution in [2.24, 2.45) is 29.6 Å². The summed E-state index contributed by atoms with van der Waals surface area (Å²) in [6, 6.07) is 0. The van der Waals surface area contributed by atoms with Crippen molar-refractivity contribution < 1.29 is 0 Å². The lowest BCUT2D eigenvalue weighted by Gasteiger charge is -1.93. The average Bonchev–Trinajstić information content (AvgIpc) is 2.84. The molecule has 2 rings (SSSR count). The summed E-state index contributed by atoms with van der Waals surface area (Å²) >= 11 is 0. The van der Waals surface area contributed by atoms with Crippen LogP contribution in [-0.2, 0) is 0 Å². The molecule has 0 saturated heterocycles. The van der Waals surface area contributed by atoms with Gasteiger partial charge in [0.25, 0.3) is 0 Å². The van der Waals surface area contributed by atoms with Crippen molar-refractivity contribution in [3.63, 3.8) is 0 Å². The third-order valence-electron chi connectivity index (χ3n) is 4.10. The minimum absolute atomic E-state index is 1.07. The Bertz CT molecular complexity index is 150. The van der Waals surface area contributed by atoms with Crippen LogP contribution < -0.4 is 0 Å². The molecule has 2 aliphatic rings. The van der Waals surface area contributed by atoms with E-state index in [1.54, 1.807) is 6.42 Å². The standard InChI is InChI=1S/C11H20/c1-4-8-6-10(8)11-7(3)9(11)5-2/h7-11H,4-6H2,1-3H3. The average molecular weight is 152 g/mol. The van der Waals surface area contributed by atoms with Crippen LogP contribution in [0.3, 0.4) is 0 Å². The van der Waals surface area contributed by atoms with Gasteiger partial charge in [0, 0.05) is 0 Å². The second-order valence-electron chi connectivity index (χ2n) is 4.58. The molecule has 0 N–H and O–H groups in total. The van der Waals surface area contributed by atoms with Gasteiger partial charge >= 0.3 is 0 Å². The Balaban J connectivity index is 1.82. The molecule has 0 aromatic carbocycles. The molecule has 2 saturated carbocycles. The van der Waals surface area contributed by atoms with Gasteiger partial charge in [-0.05, 0) is 36.0 Å². The molecule has 11 heavy (non-hydrogen) atoms. The Hall–Kier alpha value is 0. The van der Waals surface area contributed by atoms with Crippen molar-refractivity contribution in [3.8, 4) is 0 Å². The Morgan fingerprint density at radius 3 is 2.27 bits per heavy atom. The summed E-state index contributed by atoms with van der Waals surface area (Å²) in [5.74, 6) is 5.60. The third-order valence-corrected chi connectivity index (χ3v) is 4.10. The molecule has 0 heterocycles. The number of hydrogen-bond donors (Lipinski definition) is 0. The maximum Gasteiger partial charge on any atom is -0.0324 e. The number of rotatable bonds is 3. The van der Waals surface area contributed by atoms with Gasteiger partial charge in [0.15, 0.2) is 0 Å². The second-order valence-corrected chi connectivity index (χ2v) is 4.58. The normalized spacial score (nSPS) is 54.3. The summed E-state index contributed by atoms with van der Waals surface area (Å²) in [6.45, 7) is 7.15. The summed E-state index contributed by atoms with van der Waals surface area (Å²) in [4.78, 5) is 0. The van der Waals surface area contributed by atoms with E-state index < -0.39 is 0 Å². The summed E-state index contributed by atoms with van der Waals surface area (Å²) in [5, 5.41) is 0. The van der Waals surface area contributed by atoms with Gasteiger partial charge < -0.3 is 0 Å². The molecule has 5 unspecified atom stereocenters. The molecule has 0 aromatic heterocycles. The van der Waals surface area contributed by atoms with Crippen LogP contribution in [-0.4, -0.2) is 0 Å². The highest BCUT2D eigenvalue weighted by atomic mass is 14.6. The predicted octanol–water partition coefficient (Wildman–Crippen LogP) is 3.32. The predicted molar refractivity (Wildman–Crippen MR) is 48.3 cm³/mol. The summed E-state index contributed by atoms with van der Waals surface area (Å²) in [7, 11) is 0. The molecule has 0 heteroatoms. The molecule has 0 aromatic rings. The monoisotopic (exact) mass is 152 g/mol. The molecule has 0 bridgehead atoms. The van der Waals surface area contributed by atoms with Crippen LogP contribution in [0.2, 0.25) is 0 Å². The highest BCUT2D eigenvalue weighted by molar-refractivity contribution is 5.05. The van der Waals surface area contributed by atoms with Gasteiger partial charge in [-0.3, -0.25) is 0 Å². The first-order valence-electron chi connectivity index (χ1n) is 5.29. The molecule has 0 amide bonds. The lowest BCUT2D eigenvalue weighted by molar-refractivity contribution is 0.555. The quantitative estimate of drug-likeness (QED) is 0.582. The molecule has 64 valence electrons. The fraction of sp³-hybridized carbons (Fsp3) is 1.00. The first-order valence-corrected chi connectivity index (χ1v) is 5.29. The van der Waals surface area contributed by atoms with Gasteiger partial charge in [-0.25, -0.2) is 0 Å². The number of hydrogen-bond acceptors (Lipinski definition) is 0. The molecule has 0 spiro atoms. The van der Waals surface area contributed by atoms with Gasteiger partial charge in [0.05, 0.1) is 0 Å². The van der Waals surface area contributed by atoms with Crippen LogP contribution in [0.1, 0.15) is 40.0 Å². The van der Waals surface area contributed by atoms with Gasteiger partial charge in [0.2, 0.25) is 0 Å². The Kier molecular flexibility index (Phi) is 1.74. The third kappa shape index (κ3) is 1.11. The van der Waals surface area contributed by atoms with Crippen LogP contribution in [0.5, 0.6) is 0 Å². The lowest BCUT2D eigenvalue weighted by Crippen LogP contribution is -1.87. The molecule has 0 radical (unpaired) electrons. The Labute approximate surface area is 70.4 Å². The van der Waals surface area contributed by atoms with Crippen molar-refractivity contribution in [3.05, 3.63) is 0 Å².